The molecule has 2 amide bonds. The maximum Gasteiger partial charge on any atom is 0.223 e. The lowest BCUT2D eigenvalue weighted by molar-refractivity contribution is -0.126. The van der Waals surface area contributed by atoms with E-state index in [0.29, 0.717) is 5.92 Å². The van der Waals surface area contributed by atoms with Crippen LogP contribution in [-0.2, 0) is 9.59 Å². The van der Waals surface area contributed by atoms with Gasteiger partial charge in [-0.25, -0.2) is 4.98 Å². The van der Waals surface area contributed by atoms with E-state index in [2.05, 4.69) is 28.8 Å². The molecule has 2 fully saturated rings. The minimum Gasteiger partial charge on any atom is -0.354 e. The molecule has 26 heavy (non-hydrogen) atoms. The van der Waals surface area contributed by atoms with E-state index in [1.54, 1.807) is 11.3 Å². The molecular formula is C20H25N3O2S. The lowest BCUT2D eigenvalue weighted by Crippen LogP contribution is -2.38. The molecule has 2 saturated carbocycles. The first-order chi connectivity index (χ1) is 12.6. The normalized spacial score (nSPS) is 28.3. The topological polar surface area (TPSA) is 71.1 Å². The molecule has 4 rings (SSSR count). The van der Waals surface area contributed by atoms with Gasteiger partial charge in [0.1, 0.15) is 0 Å². The van der Waals surface area contributed by atoms with Gasteiger partial charge in [0, 0.05) is 30.8 Å². The van der Waals surface area contributed by atoms with Crippen LogP contribution in [0.2, 0.25) is 0 Å². The molecule has 4 unspecified atom stereocenters. The van der Waals surface area contributed by atoms with Gasteiger partial charge in [0.2, 0.25) is 11.8 Å². The summed E-state index contributed by atoms with van der Waals surface area (Å²) in [6.45, 7) is 1.54. The highest BCUT2D eigenvalue weighted by Crippen LogP contribution is 2.38. The first-order valence-electron chi connectivity index (χ1n) is 9.51. The highest BCUT2D eigenvalue weighted by molar-refractivity contribution is 7.18. The van der Waals surface area contributed by atoms with Crippen molar-refractivity contribution in [2.75, 3.05) is 0 Å². The summed E-state index contributed by atoms with van der Waals surface area (Å²) in [6.07, 6.45) is 5.62. The Balaban J connectivity index is 1.31. The van der Waals surface area contributed by atoms with E-state index in [1.165, 1.54) is 16.6 Å². The Morgan fingerprint density at radius 1 is 1.04 bits per heavy atom. The number of thiazole rings is 1. The minimum absolute atomic E-state index is 0.00877. The third-order valence-corrected chi connectivity index (χ3v) is 6.85. The Morgan fingerprint density at radius 3 is 2.62 bits per heavy atom. The Morgan fingerprint density at radius 2 is 1.81 bits per heavy atom. The molecule has 6 heteroatoms. The van der Waals surface area contributed by atoms with Crippen molar-refractivity contribution in [3.05, 3.63) is 29.3 Å². The second-order valence-corrected chi connectivity index (χ2v) is 8.70. The molecular weight excluding hydrogens is 346 g/mol. The predicted molar refractivity (Wildman–Crippen MR) is 103 cm³/mol. The fourth-order valence-corrected chi connectivity index (χ4v) is 5.47. The zero-order chi connectivity index (χ0) is 18.1. The first-order valence-corrected chi connectivity index (χ1v) is 10.3. The van der Waals surface area contributed by atoms with Crippen LogP contribution in [0.3, 0.4) is 0 Å². The van der Waals surface area contributed by atoms with Crippen LogP contribution in [0.15, 0.2) is 24.3 Å². The zero-order valence-electron chi connectivity index (χ0n) is 15.0. The molecule has 4 atom stereocenters. The van der Waals surface area contributed by atoms with Gasteiger partial charge in [0.25, 0.3) is 0 Å². The highest BCUT2D eigenvalue weighted by Gasteiger charge is 2.34. The summed E-state index contributed by atoms with van der Waals surface area (Å²) in [5, 5.41) is 7.39. The SMILES string of the molecule is CC(=O)NC1CCC(C(=O)NC2CCC(c3nc4ccccc4s3)C2)C1. The van der Waals surface area contributed by atoms with Crippen molar-refractivity contribution in [2.45, 2.75) is 63.5 Å². The highest BCUT2D eigenvalue weighted by atomic mass is 32.1. The lowest BCUT2D eigenvalue weighted by Gasteiger charge is -2.17. The van der Waals surface area contributed by atoms with Crippen molar-refractivity contribution >= 4 is 33.4 Å². The average Bonchev–Trinajstić information content (AvgIpc) is 3.32. The van der Waals surface area contributed by atoms with Crippen molar-refractivity contribution in [2.24, 2.45) is 5.92 Å². The van der Waals surface area contributed by atoms with Gasteiger partial charge in [-0.2, -0.15) is 0 Å². The number of carbonyl (C=O) groups is 2. The maximum absolute atomic E-state index is 12.6. The van der Waals surface area contributed by atoms with Crippen LogP contribution in [0.25, 0.3) is 10.2 Å². The molecule has 0 radical (unpaired) electrons. The van der Waals surface area contributed by atoms with Crippen LogP contribution in [-0.4, -0.2) is 28.9 Å². The van der Waals surface area contributed by atoms with Crippen LogP contribution in [0.4, 0.5) is 0 Å². The first kappa shape index (κ1) is 17.5. The molecule has 0 aliphatic heterocycles. The molecule has 5 nitrogen and oxygen atoms in total. The largest absolute Gasteiger partial charge is 0.354 e. The van der Waals surface area contributed by atoms with Crippen molar-refractivity contribution in [1.29, 1.82) is 0 Å². The monoisotopic (exact) mass is 371 g/mol. The van der Waals surface area contributed by atoms with Gasteiger partial charge < -0.3 is 10.6 Å². The second-order valence-electron chi connectivity index (χ2n) is 7.64. The summed E-state index contributed by atoms with van der Waals surface area (Å²) < 4.78 is 1.24. The van der Waals surface area contributed by atoms with Gasteiger partial charge in [-0.05, 0) is 50.7 Å². The summed E-state index contributed by atoms with van der Waals surface area (Å²) in [5.41, 5.74) is 1.08. The Bertz CT molecular complexity index is 785. The van der Waals surface area contributed by atoms with Gasteiger partial charge in [-0.1, -0.05) is 12.1 Å². The molecule has 1 aromatic carbocycles. The smallest absolute Gasteiger partial charge is 0.223 e. The van der Waals surface area contributed by atoms with Crippen LogP contribution < -0.4 is 10.6 Å². The molecule has 138 valence electrons. The minimum atomic E-state index is -0.00877. The number of hydrogen-bond acceptors (Lipinski definition) is 4. The summed E-state index contributed by atoms with van der Waals surface area (Å²) >= 11 is 1.78. The summed E-state index contributed by atoms with van der Waals surface area (Å²) in [7, 11) is 0. The zero-order valence-corrected chi connectivity index (χ0v) is 15.8. The maximum atomic E-state index is 12.6. The number of nitrogens with zero attached hydrogens (tertiary/aromatic N) is 1. The second kappa shape index (κ2) is 7.35. The molecule has 2 aromatic rings. The van der Waals surface area contributed by atoms with E-state index in [4.69, 9.17) is 4.98 Å². The number of carbonyl (C=O) groups excluding carboxylic acids is 2. The number of fused-ring (bicyclic) bond motifs is 1. The van der Waals surface area contributed by atoms with Crippen molar-refractivity contribution in [3.8, 4) is 0 Å². The fourth-order valence-electron chi connectivity index (χ4n) is 4.36. The Kier molecular flexibility index (Phi) is 4.94. The number of rotatable bonds is 4. The van der Waals surface area contributed by atoms with Crippen LogP contribution >= 0.6 is 11.3 Å². The van der Waals surface area contributed by atoms with E-state index in [-0.39, 0.29) is 29.8 Å². The van der Waals surface area contributed by atoms with Gasteiger partial charge in [0.05, 0.1) is 15.2 Å². The number of nitrogens with one attached hydrogen (secondary N) is 2. The van der Waals surface area contributed by atoms with Crippen molar-refractivity contribution in [1.82, 2.24) is 15.6 Å². The van der Waals surface area contributed by atoms with Gasteiger partial charge in [-0.15, -0.1) is 11.3 Å². The molecule has 2 N–H and O–H groups in total. The number of hydrogen-bond donors (Lipinski definition) is 2. The van der Waals surface area contributed by atoms with Crippen molar-refractivity contribution in [3.63, 3.8) is 0 Å². The summed E-state index contributed by atoms with van der Waals surface area (Å²) in [4.78, 5) is 28.5. The summed E-state index contributed by atoms with van der Waals surface area (Å²) in [6, 6.07) is 8.67. The molecule has 1 heterocycles. The Labute approximate surface area is 157 Å². The molecule has 0 saturated heterocycles. The van der Waals surface area contributed by atoms with Gasteiger partial charge in [-0.3, -0.25) is 9.59 Å². The molecule has 2 aliphatic rings. The lowest BCUT2D eigenvalue weighted by atomic mass is 10.1. The quantitative estimate of drug-likeness (QED) is 0.866. The molecule has 0 bridgehead atoms. The Hall–Kier alpha value is -1.95. The number of para-hydroxylation sites is 1. The average molecular weight is 372 g/mol. The third-order valence-electron chi connectivity index (χ3n) is 5.65. The van der Waals surface area contributed by atoms with Crippen molar-refractivity contribution < 1.29 is 9.59 Å². The number of aromatic nitrogens is 1. The van der Waals surface area contributed by atoms with E-state index in [9.17, 15) is 9.59 Å². The fraction of sp³-hybridized carbons (Fsp3) is 0.550. The van der Waals surface area contributed by atoms with E-state index in [1.807, 2.05) is 6.07 Å². The van der Waals surface area contributed by atoms with Gasteiger partial charge in [0.15, 0.2) is 0 Å². The van der Waals surface area contributed by atoms with Gasteiger partial charge >= 0.3 is 0 Å². The summed E-state index contributed by atoms with van der Waals surface area (Å²) in [5.74, 6) is 0.639. The van der Waals surface area contributed by atoms with Crippen LogP contribution in [0, 0.1) is 5.92 Å². The number of benzene rings is 1. The number of amides is 2. The molecule has 1 aromatic heterocycles. The van der Waals surface area contributed by atoms with E-state index in [0.717, 1.165) is 44.0 Å². The van der Waals surface area contributed by atoms with E-state index >= 15 is 0 Å². The van der Waals surface area contributed by atoms with Crippen LogP contribution in [0.5, 0.6) is 0 Å². The predicted octanol–water partition coefficient (Wildman–Crippen LogP) is 3.35. The molecule has 0 spiro atoms. The molecule has 2 aliphatic carbocycles. The third kappa shape index (κ3) is 3.75. The van der Waals surface area contributed by atoms with E-state index < -0.39 is 0 Å². The standard InChI is InChI=1S/C20H25N3O2S/c1-12(24)21-15-8-6-13(10-15)19(25)22-16-9-7-14(11-16)20-23-17-4-2-3-5-18(17)26-20/h2-5,13-16H,6-11H2,1H3,(H,21,24)(H,22,25). The van der Waals surface area contributed by atoms with Crippen LogP contribution in [0.1, 0.15) is 56.4 Å².